The maximum Gasteiger partial charge on any atom is 0.191 e. The molecule has 0 spiro atoms. The van der Waals surface area contributed by atoms with Crippen molar-refractivity contribution in [3.8, 4) is 0 Å². The number of nitrogens with one attached hydrogen (secondary N) is 2. The van der Waals surface area contributed by atoms with Crippen LogP contribution in [0, 0.1) is 0 Å². The van der Waals surface area contributed by atoms with Crippen LogP contribution in [0.1, 0.15) is 58.7 Å². The van der Waals surface area contributed by atoms with Crippen molar-refractivity contribution in [1.82, 2.24) is 10.6 Å². The molecule has 0 radical (unpaired) electrons. The lowest BCUT2D eigenvalue weighted by Crippen LogP contribution is -2.39. The zero-order chi connectivity index (χ0) is 19.1. The normalized spacial score (nSPS) is 13.7. The molecule has 0 aromatic heterocycles. The van der Waals surface area contributed by atoms with E-state index < -0.39 is 14.6 Å². The van der Waals surface area contributed by atoms with Gasteiger partial charge in [0.15, 0.2) is 15.8 Å². The predicted molar refractivity (Wildman–Crippen MR) is 122 cm³/mol. The van der Waals surface area contributed by atoms with Gasteiger partial charge in [-0.25, -0.2) is 8.42 Å². The summed E-state index contributed by atoms with van der Waals surface area (Å²) in [5, 5.41) is 6.52. The summed E-state index contributed by atoms with van der Waals surface area (Å²) in [6, 6.07) is 8.58. The van der Waals surface area contributed by atoms with Gasteiger partial charge >= 0.3 is 0 Å². The molecule has 150 valence electrons. The van der Waals surface area contributed by atoms with Crippen molar-refractivity contribution in [2.24, 2.45) is 4.99 Å². The van der Waals surface area contributed by atoms with Crippen LogP contribution in [0.4, 0.5) is 0 Å². The Balaban J connectivity index is 0.00000625. The van der Waals surface area contributed by atoms with E-state index in [2.05, 4.69) is 53.7 Å². The number of halogens is 1. The minimum absolute atomic E-state index is 0. The molecule has 1 aromatic carbocycles. The molecular weight excluding hydrogens is 461 g/mol. The Morgan fingerprint density at radius 2 is 1.73 bits per heavy atom. The first kappa shape index (κ1) is 25.2. The third-order valence-electron chi connectivity index (χ3n) is 4.15. The minimum atomic E-state index is -3.16. The largest absolute Gasteiger partial charge is 0.357 e. The number of benzene rings is 1. The monoisotopic (exact) mass is 495 g/mol. The highest BCUT2D eigenvalue weighted by Crippen LogP contribution is 2.16. The number of hydrogen-bond acceptors (Lipinski definition) is 3. The molecule has 26 heavy (non-hydrogen) atoms. The average Bonchev–Trinajstić information content (AvgIpc) is 2.53. The highest BCUT2D eigenvalue weighted by molar-refractivity contribution is 14.0. The van der Waals surface area contributed by atoms with Crippen LogP contribution in [-0.4, -0.2) is 38.0 Å². The summed E-state index contributed by atoms with van der Waals surface area (Å²) in [5.74, 6) is 0.686. The summed E-state index contributed by atoms with van der Waals surface area (Å²) in [7, 11) is -3.16. The first-order chi connectivity index (χ1) is 11.6. The second-order valence-electron chi connectivity index (χ2n) is 7.15. The van der Waals surface area contributed by atoms with Crippen molar-refractivity contribution < 1.29 is 8.42 Å². The Kier molecular flexibility index (Phi) is 10.8. The van der Waals surface area contributed by atoms with Gasteiger partial charge in [0.25, 0.3) is 0 Å². The number of rotatable bonds is 7. The zero-order valence-electron chi connectivity index (χ0n) is 16.8. The molecule has 0 saturated carbocycles. The highest BCUT2D eigenvalue weighted by atomic mass is 127. The number of aliphatic imine (C=N–C) groups is 1. The van der Waals surface area contributed by atoms with E-state index in [1.165, 1.54) is 11.1 Å². The Morgan fingerprint density at radius 1 is 1.15 bits per heavy atom. The summed E-state index contributed by atoms with van der Waals surface area (Å²) < 4.78 is 23.6. The van der Waals surface area contributed by atoms with E-state index in [0.717, 1.165) is 13.0 Å². The molecule has 1 aromatic rings. The molecule has 2 N–H and O–H groups in total. The van der Waals surface area contributed by atoms with Crippen LogP contribution in [0.3, 0.4) is 0 Å². The molecule has 5 nitrogen and oxygen atoms in total. The minimum Gasteiger partial charge on any atom is -0.357 e. The smallest absolute Gasteiger partial charge is 0.191 e. The van der Waals surface area contributed by atoms with E-state index in [4.69, 9.17) is 0 Å². The summed E-state index contributed by atoms with van der Waals surface area (Å²) in [6.45, 7) is 12.3. The van der Waals surface area contributed by atoms with Crippen molar-refractivity contribution in [2.75, 3.05) is 18.8 Å². The van der Waals surface area contributed by atoms with Crippen molar-refractivity contribution in [2.45, 2.75) is 58.8 Å². The van der Waals surface area contributed by atoms with Crippen LogP contribution in [0.5, 0.6) is 0 Å². The third-order valence-corrected chi connectivity index (χ3v) is 6.73. The first-order valence-corrected chi connectivity index (χ1v) is 10.6. The van der Waals surface area contributed by atoms with Gasteiger partial charge in [-0.15, -0.1) is 24.0 Å². The molecule has 1 atom stereocenters. The Hall–Kier alpha value is -0.830. The summed E-state index contributed by atoms with van der Waals surface area (Å²) in [6.07, 6.45) is 1.02. The number of nitrogens with zero attached hydrogens (tertiary/aromatic N) is 1. The molecule has 1 rings (SSSR count). The van der Waals surface area contributed by atoms with Crippen molar-refractivity contribution in [1.29, 1.82) is 0 Å². The van der Waals surface area contributed by atoms with Crippen molar-refractivity contribution in [3.63, 3.8) is 0 Å². The van der Waals surface area contributed by atoms with Crippen LogP contribution in [0.2, 0.25) is 0 Å². The molecule has 1 unspecified atom stereocenters. The van der Waals surface area contributed by atoms with Crippen LogP contribution in [0.15, 0.2) is 29.3 Å². The molecule has 0 saturated heterocycles. The van der Waals surface area contributed by atoms with E-state index in [1.807, 2.05) is 6.92 Å². The van der Waals surface area contributed by atoms with E-state index in [0.29, 0.717) is 5.96 Å². The van der Waals surface area contributed by atoms with E-state index in [-0.39, 0.29) is 42.3 Å². The topological polar surface area (TPSA) is 70.6 Å². The van der Waals surface area contributed by atoms with Gasteiger partial charge in [-0.3, -0.25) is 4.99 Å². The fourth-order valence-corrected chi connectivity index (χ4v) is 3.18. The van der Waals surface area contributed by atoms with Crippen LogP contribution in [0.25, 0.3) is 0 Å². The fraction of sp³-hybridized carbons (Fsp3) is 0.632. The summed E-state index contributed by atoms with van der Waals surface area (Å²) in [4.78, 5) is 4.43. The number of aryl methyl sites for hydroxylation is 1. The Labute approximate surface area is 176 Å². The Bertz CT molecular complexity index is 665. The molecule has 0 aliphatic carbocycles. The van der Waals surface area contributed by atoms with E-state index >= 15 is 0 Å². The summed E-state index contributed by atoms with van der Waals surface area (Å²) >= 11 is 0. The van der Waals surface area contributed by atoms with E-state index in [1.54, 1.807) is 20.8 Å². The van der Waals surface area contributed by atoms with Gasteiger partial charge in [-0.2, -0.15) is 0 Å². The average molecular weight is 495 g/mol. The van der Waals surface area contributed by atoms with Crippen molar-refractivity contribution >= 4 is 39.8 Å². The van der Waals surface area contributed by atoms with Crippen molar-refractivity contribution in [3.05, 3.63) is 35.4 Å². The fourth-order valence-electron chi connectivity index (χ4n) is 2.23. The molecular formula is C19H34IN3O2S. The lowest BCUT2D eigenvalue weighted by molar-refractivity contribution is 0.560. The van der Waals surface area contributed by atoms with Crippen LogP contribution in [-0.2, 0) is 16.3 Å². The summed E-state index contributed by atoms with van der Waals surface area (Å²) in [5.41, 5.74) is 2.48. The second-order valence-corrected chi connectivity index (χ2v) is 10.0. The third kappa shape index (κ3) is 7.82. The second kappa shape index (κ2) is 11.1. The lowest BCUT2D eigenvalue weighted by Gasteiger charge is -2.20. The maximum atomic E-state index is 12.2. The number of guanidine groups is 1. The van der Waals surface area contributed by atoms with E-state index in [9.17, 15) is 8.42 Å². The molecule has 0 heterocycles. The van der Waals surface area contributed by atoms with Gasteiger partial charge in [0.05, 0.1) is 23.1 Å². The van der Waals surface area contributed by atoms with Gasteiger partial charge in [-0.1, -0.05) is 31.2 Å². The highest BCUT2D eigenvalue weighted by Gasteiger charge is 2.28. The zero-order valence-corrected chi connectivity index (χ0v) is 19.9. The van der Waals surface area contributed by atoms with Gasteiger partial charge in [0.1, 0.15) is 0 Å². The number of sulfone groups is 1. The molecule has 0 bridgehead atoms. The first-order valence-electron chi connectivity index (χ1n) is 8.96. The van der Waals surface area contributed by atoms with Gasteiger partial charge < -0.3 is 10.6 Å². The van der Waals surface area contributed by atoms with Gasteiger partial charge in [0.2, 0.25) is 0 Å². The predicted octanol–water partition coefficient (Wildman–Crippen LogP) is 3.70. The van der Waals surface area contributed by atoms with Gasteiger partial charge in [0, 0.05) is 6.54 Å². The molecule has 7 heteroatoms. The Morgan fingerprint density at radius 3 is 2.19 bits per heavy atom. The van der Waals surface area contributed by atoms with Crippen LogP contribution < -0.4 is 10.6 Å². The molecule has 0 aliphatic rings. The van der Waals surface area contributed by atoms with Crippen LogP contribution >= 0.6 is 24.0 Å². The maximum absolute atomic E-state index is 12.2. The quantitative estimate of drug-likeness (QED) is 0.344. The molecule has 0 aliphatic heterocycles. The standard InChI is InChI=1S/C19H33N3O2S.HI/c1-7-16-9-11-17(12-10-16)15(3)22-18(20-8-2)21-13-14-25(23,24)19(4,5)6;/h9-12,15H,7-8,13-14H2,1-6H3,(H2,20,21,22);1H. The molecule has 0 fully saturated rings. The number of hydrogen-bond donors (Lipinski definition) is 2. The van der Waals surface area contributed by atoms with Gasteiger partial charge in [-0.05, 0) is 52.2 Å². The lowest BCUT2D eigenvalue weighted by atomic mass is 10.1. The SMILES string of the molecule is CCNC(=NCCS(=O)(=O)C(C)(C)C)NC(C)c1ccc(CC)cc1.I. The molecule has 0 amide bonds.